The summed E-state index contributed by atoms with van der Waals surface area (Å²) in [6.45, 7) is 7.53. The summed E-state index contributed by atoms with van der Waals surface area (Å²) >= 11 is 6.88. The first-order valence-electron chi connectivity index (χ1n) is 14.0. The van der Waals surface area contributed by atoms with E-state index in [2.05, 4.69) is 28.0 Å². The Labute approximate surface area is 255 Å². The highest BCUT2D eigenvalue weighted by atomic mass is 32.2. The zero-order chi connectivity index (χ0) is 29.8. The smallest absolute Gasteiger partial charge is 0.270 e. The number of methoxy groups -OCH3 is 1. The quantitative estimate of drug-likeness (QED) is 0.269. The van der Waals surface area contributed by atoms with E-state index in [1.165, 1.54) is 17.4 Å². The van der Waals surface area contributed by atoms with Gasteiger partial charge in [-0.05, 0) is 61.7 Å². The Bertz CT molecular complexity index is 1620. The fraction of sp³-hybridized carbons (Fsp3) is 0.312. The van der Waals surface area contributed by atoms with E-state index in [1.807, 2.05) is 55.5 Å². The number of benzene rings is 2. The average Bonchev–Trinajstić information content (AvgIpc) is 3.29. The molecule has 2 aliphatic heterocycles. The Hall–Kier alpha value is -4.07. The van der Waals surface area contributed by atoms with Crippen LogP contribution in [-0.2, 0) is 17.8 Å². The van der Waals surface area contributed by atoms with Crippen molar-refractivity contribution in [2.24, 2.45) is 0 Å². The molecule has 0 aliphatic carbocycles. The maximum absolute atomic E-state index is 13.6. The van der Waals surface area contributed by atoms with Crippen LogP contribution in [0.1, 0.15) is 29.2 Å². The van der Waals surface area contributed by atoms with Crippen molar-refractivity contribution in [3.63, 3.8) is 0 Å². The molecule has 0 bridgehead atoms. The van der Waals surface area contributed by atoms with Gasteiger partial charge in [0.2, 0.25) is 0 Å². The maximum Gasteiger partial charge on any atom is 0.270 e. The molecule has 2 aliphatic rings. The Morgan fingerprint density at radius 2 is 1.69 bits per heavy atom. The minimum atomic E-state index is -0.304. The SMILES string of the molecule is CCn1c(N2CCN(c3ccccc3)CC2)c(C=C2SC(=S)N(CCc3ccc(OC)cc3)C2=O)c(C)c(C#N)c1=O. The number of hydrogen-bond donors (Lipinski definition) is 0. The van der Waals surface area contributed by atoms with Crippen molar-refractivity contribution in [2.45, 2.75) is 26.8 Å². The second kappa shape index (κ2) is 12.8. The van der Waals surface area contributed by atoms with Crippen molar-refractivity contribution in [1.29, 1.82) is 5.26 Å². The number of hydrogen-bond acceptors (Lipinski definition) is 8. The number of thioether (sulfide) groups is 1. The lowest BCUT2D eigenvalue weighted by Crippen LogP contribution is -2.48. The summed E-state index contributed by atoms with van der Waals surface area (Å²) in [4.78, 5) is 33.6. The molecule has 0 N–H and O–H groups in total. The molecule has 0 atom stereocenters. The van der Waals surface area contributed by atoms with Crippen LogP contribution in [0.15, 0.2) is 64.3 Å². The van der Waals surface area contributed by atoms with Gasteiger partial charge in [0, 0.05) is 50.5 Å². The third kappa shape index (κ3) is 5.80. The van der Waals surface area contributed by atoms with Crippen molar-refractivity contribution in [2.75, 3.05) is 49.6 Å². The van der Waals surface area contributed by atoms with Gasteiger partial charge >= 0.3 is 0 Å². The summed E-state index contributed by atoms with van der Waals surface area (Å²) in [5, 5.41) is 9.90. The molecule has 0 spiro atoms. The number of nitrogens with zero attached hydrogens (tertiary/aromatic N) is 5. The molecule has 8 nitrogen and oxygen atoms in total. The third-order valence-corrected chi connectivity index (χ3v) is 9.17. The van der Waals surface area contributed by atoms with Crippen LogP contribution in [0.25, 0.3) is 6.08 Å². The highest BCUT2D eigenvalue weighted by molar-refractivity contribution is 8.26. The summed E-state index contributed by atoms with van der Waals surface area (Å²) in [5.74, 6) is 1.37. The number of pyridine rings is 1. The van der Waals surface area contributed by atoms with E-state index in [4.69, 9.17) is 17.0 Å². The molecule has 2 aromatic carbocycles. The van der Waals surface area contributed by atoms with Gasteiger partial charge in [-0.15, -0.1) is 0 Å². The highest BCUT2D eigenvalue weighted by Crippen LogP contribution is 2.36. The first kappa shape index (κ1) is 29.4. The molecule has 10 heteroatoms. The number of carbonyl (C=O) groups is 1. The Morgan fingerprint density at radius 3 is 2.31 bits per heavy atom. The molecule has 1 aromatic heterocycles. The Balaban J connectivity index is 1.45. The summed E-state index contributed by atoms with van der Waals surface area (Å²) in [7, 11) is 1.63. The van der Waals surface area contributed by atoms with Gasteiger partial charge in [0.05, 0.1) is 12.0 Å². The molecule has 216 valence electrons. The van der Waals surface area contributed by atoms with Crippen LogP contribution in [-0.4, -0.2) is 59.5 Å². The van der Waals surface area contributed by atoms with Crippen molar-refractivity contribution in [3.8, 4) is 11.8 Å². The van der Waals surface area contributed by atoms with Crippen LogP contribution in [0.4, 0.5) is 11.5 Å². The van der Waals surface area contributed by atoms with Crippen LogP contribution in [0, 0.1) is 18.3 Å². The molecule has 3 heterocycles. The van der Waals surface area contributed by atoms with E-state index in [0.717, 1.165) is 35.8 Å². The monoisotopic (exact) mass is 599 g/mol. The van der Waals surface area contributed by atoms with Gasteiger partial charge in [-0.25, -0.2) is 0 Å². The van der Waals surface area contributed by atoms with Crippen molar-refractivity contribution >= 4 is 51.8 Å². The van der Waals surface area contributed by atoms with Crippen molar-refractivity contribution < 1.29 is 9.53 Å². The molecule has 2 fully saturated rings. The first-order chi connectivity index (χ1) is 20.4. The summed E-state index contributed by atoms with van der Waals surface area (Å²) < 4.78 is 7.40. The van der Waals surface area contributed by atoms with Gasteiger partial charge in [-0.2, -0.15) is 5.26 Å². The molecule has 2 saturated heterocycles. The third-order valence-electron chi connectivity index (χ3n) is 7.80. The fourth-order valence-corrected chi connectivity index (χ4v) is 6.74. The molecule has 1 amide bonds. The Morgan fingerprint density at radius 1 is 1.02 bits per heavy atom. The highest BCUT2D eigenvalue weighted by Gasteiger charge is 2.33. The van der Waals surface area contributed by atoms with Gasteiger partial charge in [0.25, 0.3) is 11.5 Å². The van der Waals surface area contributed by atoms with E-state index in [1.54, 1.807) is 23.5 Å². The number of amides is 1. The number of piperazine rings is 1. The molecule has 0 radical (unpaired) electrons. The number of ether oxygens (including phenoxy) is 1. The molecule has 0 saturated carbocycles. The van der Waals surface area contributed by atoms with E-state index in [9.17, 15) is 14.9 Å². The van der Waals surface area contributed by atoms with Crippen molar-refractivity contribution in [1.82, 2.24) is 9.47 Å². The summed E-state index contributed by atoms with van der Waals surface area (Å²) in [6, 6.07) is 20.2. The number of anilines is 2. The standard InChI is InChI=1S/C32H33N5O3S2/c1-4-36-29(35-18-16-34(17-19-35)24-8-6-5-7-9-24)26(22(2)27(21-33)30(36)38)20-28-31(39)37(32(41)42-28)15-14-23-10-12-25(40-3)13-11-23/h5-13,20H,4,14-19H2,1-3H3. The van der Waals surface area contributed by atoms with E-state index < -0.39 is 0 Å². The second-order valence-corrected chi connectivity index (χ2v) is 11.8. The summed E-state index contributed by atoms with van der Waals surface area (Å²) in [6.07, 6.45) is 2.48. The average molecular weight is 600 g/mol. The number of aromatic nitrogens is 1. The molecule has 0 unspecified atom stereocenters. The number of nitriles is 1. The van der Waals surface area contributed by atoms with Gasteiger partial charge < -0.3 is 14.5 Å². The molecular weight excluding hydrogens is 567 g/mol. The van der Waals surface area contributed by atoms with E-state index >= 15 is 0 Å². The molecular formula is C32H33N5O3S2. The zero-order valence-electron chi connectivity index (χ0n) is 24.0. The number of thiocarbonyl (C=S) groups is 1. The summed E-state index contributed by atoms with van der Waals surface area (Å²) in [5.41, 5.74) is 3.34. The largest absolute Gasteiger partial charge is 0.497 e. The minimum Gasteiger partial charge on any atom is -0.497 e. The first-order valence-corrected chi connectivity index (χ1v) is 15.2. The lowest BCUT2D eigenvalue weighted by Gasteiger charge is -2.39. The molecule has 5 rings (SSSR count). The van der Waals surface area contributed by atoms with Crippen LogP contribution >= 0.6 is 24.0 Å². The van der Waals surface area contributed by atoms with Gasteiger partial charge in [0.15, 0.2) is 0 Å². The van der Waals surface area contributed by atoms with Gasteiger partial charge in [-0.3, -0.25) is 19.1 Å². The van der Waals surface area contributed by atoms with Crippen LogP contribution in [0.2, 0.25) is 0 Å². The van der Waals surface area contributed by atoms with Gasteiger partial charge in [0.1, 0.15) is 27.5 Å². The normalized spacial score (nSPS) is 16.3. The van der Waals surface area contributed by atoms with E-state index in [0.29, 0.717) is 47.4 Å². The fourth-order valence-electron chi connectivity index (χ4n) is 5.45. The predicted octanol–water partition coefficient (Wildman–Crippen LogP) is 4.83. The van der Waals surface area contributed by atoms with Crippen molar-refractivity contribution in [3.05, 3.63) is 92.1 Å². The molecule has 42 heavy (non-hydrogen) atoms. The second-order valence-electron chi connectivity index (χ2n) is 10.1. The number of para-hydroxylation sites is 1. The van der Waals surface area contributed by atoms with Crippen LogP contribution < -0.4 is 20.1 Å². The number of rotatable bonds is 8. The minimum absolute atomic E-state index is 0.102. The zero-order valence-corrected chi connectivity index (χ0v) is 25.6. The van der Waals surface area contributed by atoms with Crippen LogP contribution in [0.3, 0.4) is 0 Å². The lowest BCUT2D eigenvalue weighted by molar-refractivity contribution is -0.122. The van der Waals surface area contributed by atoms with E-state index in [-0.39, 0.29) is 17.0 Å². The lowest BCUT2D eigenvalue weighted by atomic mass is 10.0. The van der Waals surface area contributed by atoms with Crippen LogP contribution in [0.5, 0.6) is 5.75 Å². The molecule has 3 aromatic rings. The topological polar surface area (TPSA) is 81.8 Å². The predicted molar refractivity (Wildman–Crippen MR) is 173 cm³/mol. The number of carbonyl (C=O) groups excluding carboxylic acids is 1. The Kier molecular flexibility index (Phi) is 9.00. The maximum atomic E-state index is 13.6. The van der Waals surface area contributed by atoms with Gasteiger partial charge in [-0.1, -0.05) is 54.3 Å².